The lowest BCUT2D eigenvalue weighted by atomic mass is 10.1. The molecule has 0 fully saturated rings. The SMILES string of the molecule is COC(=O)c1cc(Br)cc(Br)c1NC(=O)COC(C)(C)C. The van der Waals surface area contributed by atoms with Gasteiger partial charge in [0.2, 0.25) is 5.91 Å². The molecule has 0 spiro atoms. The van der Waals surface area contributed by atoms with E-state index in [4.69, 9.17) is 9.47 Å². The van der Waals surface area contributed by atoms with Crippen LogP contribution in [0.3, 0.4) is 0 Å². The number of esters is 1. The van der Waals surface area contributed by atoms with E-state index in [-0.39, 0.29) is 18.1 Å². The maximum atomic E-state index is 11.9. The highest BCUT2D eigenvalue weighted by Gasteiger charge is 2.19. The number of ether oxygens (including phenoxy) is 2. The molecule has 0 bridgehead atoms. The fraction of sp³-hybridized carbons (Fsp3) is 0.429. The maximum absolute atomic E-state index is 11.9. The monoisotopic (exact) mass is 421 g/mol. The van der Waals surface area contributed by atoms with Crippen molar-refractivity contribution in [2.45, 2.75) is 26.4 Å². The van der Waals surface area contributed by atoms with Gasteiger partial charge in [-0.3, -0.25) is 4.79 Å². The van der Waals surface area contributed by atoms with Crippen molar-refractivity contribution >= 4 is 49.4 Å². The van der Waals surface area contributed by atoms with Gasteiger partial charge in [-0.15, -0.1) is 0 Å². The number of methoxy groups -OCH3 is 1. The van der Waals surface area contributed by atoms with Crippen molar-refractivity contribution in [3.8, 4) is 0 Å². The molecule has 0 aliphatic rings. The standard InChI is InChI=1S/C14H17Br2NO4/c1-14(2,3)21-7-11(18)17-12-9(13(19)20-4)5-8(15)6-10(12)16/h5-6H,7H2,1-4H3,(H,17,18). The Kier molecular flexibility index (Phi) is 6.37. The highest BCUT2D eigenvalue weighted by atomic mass is 79.9. The van der Waals surface area contributed by atoms with Crippen molar-refractivity contribution in [2.75, 3.05) is 19.0 Å². The second-order valence-corrected chi connectivity index (χ2v) is 7.02. The molecule has 0 aliphatic carbocycles. The third kappa shape index (κ3) is 5.76. The Bertz CT molecular complexity index is 553. The zero-order valence-corrected chi connectivity index (χ0v) is 15.4. The summed E-state index contributed by atoms with van der Waals surface area (Å²) in [5.41, 5.74) is 0.190. The largest absolute Gasteiger partial charge is 0.465 e. The molecule has 0 heterocycles. The summed E-state index contributed by atoms with van der Waals surface area (Å²) in [6.07, 6.45) is 0. The average Bonchev–Trinajstić information content (AvgIpc) is 2.37. The van der Waals surface area contributed by atoms with Gasteiger partial charge in [0.1, 0.15) is 6.61 Å². The number of anilines is 1. The number of amides is 1. The van der Waals surface area contributed by atoms with Gasteiger partial charge in [0.25, 0.3) is 0 Å². The third-order valence-corrected chi connectivity index (χ3v) is 3.44. The molecule has 1 rings (SSSR count). The number of benzene rings is 1. The Labute approximate surface area is 140 Å². The molecule has 1 aromatic carbocycles. The van der Waals surface area contributed by atoms with Crippen LogP contribution in [0.5, 0.6) is 0 Å². The first-order chi connectivity index (χ1) is 9.64. The number of nitrogens with one attached hydrogen (secondary N) is 1. The predicted octanol–water partition coefficient (Wildman–Crippen LogP) is 3.75. The second kappa shape index (κ2) is 7.38. The van der Waals surface area contributed by atoms with Crippen LogP contribution in [0.1, 0.15) is 31.1 Å². The predicted molar refractivity (Wildman–Crippen MR) is 87.5 cm³/mol. The van der Waals surface area contributed by atoms with Gasteiger partial charge in [-0.25, -0.2) is 4.79 Å². The summed E-state index contributed by atoms with van der Waals surface area (Å²) < 4.78 is 11.4. The molecule has 21 heavy (non-hydrogen) atoms. The number of halogens is 2. The lowest BCUT2D eigenvalue weighted by Gasteiger charge is -2.19. The molecule has 0 radical (unpaired) electrons. The summed E-state index contributed by atoms with van der Waals surface area (Å²) in [6, 6.07) is 3.31. The molecule has 1 amide bonds. The molecule has 0 aliphatic heterocycles. The van der Waals surface area contributed by atoms with Gasteiger partial charge < -0.3 is 14.8 Å². The minimum Gasteiger partial charge on any atom is -0.465 e. The van der Waals surface area contributed by atoms with E-state index in [1.165, 1.54) is 7.11 Å². The van der Waals surface area contributed by atoms with Gasteiger partial charge in [-0.1, -0.05) is 15.9 Å². The van der Waals surface area contributed by atoms with E-state index in [1.807, 2.05) is 20.8 Å². The Hall–Kier alpha value is -0.920. The van der Waals surface area contributed by atoms with Crippen molar-refractivity contribution in [1.29, 1.82) is 0 Å². The highest BCUT2D eigenvalue weighted by Crippen LogP contribution is 2.31. The Morgan fingerprint density at radius 3 is 2.38 bits per heavy atom. The molecule has 0 saturated carbocycles. The van der Waals surface area contributed by atoms with Crippen LogP contribution in [0, 0.1) is 0 Å². The molecule has 5 nitrogen and oxygen atoms in total. The van der Waals surface area contributed by atoms with E-state index in [0.29, 0.717) is 14.6 Å². The van der Waals surface area contributed by atoms with Crippen LogP contribution < -0.4 is 5.32 Å². The summed E-state index contributed by atoms with van der Waals surface area (Å²) in [7, 11) is 1.28. The molecule has 0 saturated heterocycles. The van der Waals surface area contributed by atoms with E-state index >= 15 is 0 Å². The Morgan fingerprint density at radius 1 is 1.24 bits per heavy atom. The van der Waals surface area contributed by atoms with Crippen molar-refractivity contribution in [3.05, 3.63) is 26.6 Å². The fourth-order valence-electron chi connectivity index (χ4n) is 1.43. The zero-order valence-electron chi connectivity index (χ0n) is 12.3. The summed E-state index contributed by atoms with van der Waals surface area (Å²) in [6.45, 7) is 5.47. The summed E-state index contributed by atoms with van der Waals surface area (Å²) in [4.78, 5) is 23.7. The first-order valence-corrected chi connectivity index (χ1v) is 7.74. The van der Waals surface area contributed by atoms with Crippen LogP contribution in [0.2, 0.25) is 0 Å². The topological polar surface area (TPSA) is 64.6 Å². The number of hydrogen-bond donors (Lipinski definition) is 1. The smallest absolute Gasteiger partial charge is 0.340 e. The minimum absolute atomic E-state index is 0.105. The molecule has 0 atom stereocenters. The summed E-state index contributed by atoms with van der Waals surface area (Å²) >= 11 is 6.61. The molecule has 7 heteroatoms. The van der Waals surface area contributed by atoms with Gasteiger partial charge in [0.15, 0.2) is 0 Å². The lowest BCUT2D eigenvalue weighted by Crippen LogP contribution is -2.27. The van der Waals surface area contributed by atoms with Crippen molar-refractivity contribution in [2.24, 2.45) is 0 Å². The average molecular weight is 423 g/mol. The number of rotatable bonds is 4. The van der Waals surface area contributed by atoms with E-state index in [0.717, 1.165) is 0 Å². The van der Waals surface area contributed by atoms with Crippen LogP contribution in [0.25, 0.3) is 0 Å². The Morgan fingerprint density at radius 2 is 1.86 bits per heavy atom. The fourth-order valence-corrected chi connectivity index (χ4v) is 2.75. The van der Waals surface area contributed by atoms with Crippen molar-refractivity contribution in [1.82, 2.24) is 0 Å². The van der Waals surface area contributed by atoms with E-state index in [9.17, 15) is 9.59 Å². The normalized spacial score (nSPS) is 11.1. The van der Waals surface area contributed by atoms with Gasteiger partial charge >= 0.3 is 5.97 Å². The highest BCUT2D eigenvalue weighted by molar-refractivity contribution is 9.11. The lowest BCUT2D eigenvalue weighted by molar-refractivity contribution is -0.125. The molecule has 0 aromatic heterocycles. The first kappa shape index (κ1) is 18.1. The van der Waals surface area contributed by atoms with Gasteiger partial charge in [0.05, 0.1) is 24.0 Å². The zero-order chi connectivity index (χ0) is 16.2. The van der Waals surface area contributed by atoms with Gasteiger partial charge in [0, 0.05) is 8.95 Å². The van der Waals surface area contributed by atoms with Gasteiger partial charge in [-0.05, 0) is 48.8 Å². The third-order valence-electron chi connectivity index (χ3n) is 2.36. The first-order valence-electron chi connectivity index (χ1n) is 6.15. The van der Waals surface area contributed by atoms with E-state index in [1.54, 1.807) is 12.1 Å². The van der Waals surface area contributed by atoms with Crippen molar-refractivity contribution < 1.29 is 19.1 Å². The molecule has 0 unspecified atom stereocenters. The Balaban J connectivity index is 2.97. The minimum atomic E-state index is -0.538. The van der Waals surface area contributed by atoms with Crippen LogP contribution in [-0.2, 0) is 14.3 Å². The quantitative estimate of drug-likeness (QED) is 0.750. The van der Waals surface area contributed by atoms with Crippen LogP contribution in [-0.4, -0.2) is 31.2 Å². The maximum Gasteiger partial charge on any atom is 0.340 e. The van der Waals surface area contributed by atoms with Gasteiger partial charge in [-0.2, -0.15) is 0 Å². The van der Waals surface area contributed by atoms with Crippen molar-refractivity contribution in [3.63, 3.8) is 0 Å². The van der Waals surface area contributed by atoms with E-state index in [2.05, 4.69) is 37.2 Å². The van der Waals surface area contributed by atoms with E-state index < -0.39 is 11.6 Å². The number of hydrogen-bond acceptors (Lipinski definition) is 4. The van der Waals surface area contributed by atoms with Crippen LogP contribution in [0.15, 0.2) is 21.1 Å². The molecule has 1 N–H and O–H groups in total. The second-order valence-electron chi connectivity index (χ2n) is 5.25. The summed E-state index contributed by atoms with van der Waals surface area (Å²) in [5, 5.41) is 2.66. The molecule has 1 aromatic rings. The van der Waals surface area contributed by atoms with Crippen LogP contribution in [0.4, 0.5) is 5.69 Å². The summed E-state index contributed by atoms with van der Waals surface area (Å²) in [5.74, 6) is -0.887. The molecular weight excluding hydrogens is 406 g/mol. The number of carbonyl (C=O) groups excluding carboxylic acids is 2. The molecule has 116 valence electrons. The number of carbonyl (C=O) groups is 2. The van der Waals surface area contributed by atoms with Crippen LogP contribution >= 0.6 is 31.9 Å². The molecular formula is C14H17Br2NO4.